The fourth-order valence-corrected chi connectivity index (χ4v) is 2.99. The van der Waals surface area contributed by atoms with Crippen molar-refractivity contribution in [2.45, 2.75) is 18.4 Å². The van der Waals surface area contributed by atoms with Crippen molar-refractivity contribution in [1.29, 1.82) is 0 Å². The van der Waals surface area contributed by atoms with Crippen LogP contribution in [-0.2, 0) is 17.6 Å². The Morgan fingerprint density at radius 3 is 1.80 bits per heavy atom. The van der Waals surface area contributed by atoms with Crippen LogP contribution in [0.15, 0.2) is 60.7 Å². The van der Waals surface area contributed by atoms with E-state index in [1.54, 1.807) is 0 Å². The molecule has 2 nitrogen and oxygen atoms in total. The maximum Gasteiger partial charge on any atom is 0.257 e. The minimum absolute atomic E-state index is 0.139. The predicted octanol–water partition coefficient (Wildman–Crippen LogP) is 3.12. The summed E-state index contributed by atoms with van der Waals surface area (Å²) >= 11 is 5.17. The summed E-state index contributed by atoms with van der Waals surface area (Å²) in [6.07, 6.45) is 1.81. The van der Waals surface area contributed by atoms with Gasteiger partial charge in [0.25, 0.3) is 5.17 Å². The third-order valence-corrected chi connectivity index (χ3v) is 3.84. The third-order valence-electron chi connectivity index (χ3n) is 3.62. The zero-order valence-electron chi connectivity index (χ0n) is 11.2. The molecule has 0 unspecified atom stereocenters. The standard InChI is InChI=1S/C17H17NOS/c20-16-18-17(13-19-16,11-14-7-3-1-4-8-14)12-15-9-5-2-6-10-15/h1-10H,11-13H2,(H,18,20). The van der Waals surface area contributed by atoms with E-state index in [4.69, 9.17) is 17.0 Å². The number of nitrogens with one attached hydrogen (secondary N) is 1. The Kier molecular flexibility index (Phi) is 3.70. The molecular formula is C17H17NOS. The van der Waals surface area contributed by atoms with Crippen LogP contribution in [-0.4, -0.2) is 17.3 Å². The Bertz CT molecular complexity index is 541. The van der Waals surface area contributed by atoms with E-state index in [0.717, 1.165) is 12.8 Å². The van der Waals surface area contributed by atoms with Gasteiger partial charge in [0, 0.05) is 0 Å². The molecule has 0 saturated carbocycles. The molecule has 20 heavy (non-hydrogen) atoms. The van der Waals surface area contributed by atoms with Gasteiger partial charge >= 0.3 is 0 Å². The fourth-order valence-electron chi connectivity index (χ4n) is 2.72. The minimum atomic E-state index is -0.139. The van der Waals surface area contributed by atoms with Crippen molar-refractivity contribution in [3.05, 3.63) is 71.8 Å². The zero-order chi connectivity index (χ0) is 13.8. The summed E-state index contributed by atoms with van der Waals surface area (Å²) in [6, 6.07) is 20.9. The van der Waals surface area contributed by atoms with Crippen LogP contribution in [0.2, 0.25) is 0 Å². The second-order valence-electron chi connectivity index (χ2n) is 5.31. The van der Waals surface area contributed by atoms with Crippen molar-refractivity contribution in [3.8, 4) is 0 Å². The van der Waals surface area contributed by atoms with Crippen LogP contribution in [0.4, 0.5) is 0 Å². The largest absolute Gasteiger partial charge is 0.469 e. The Morgan fingerprint density at radius 2 is 1.40 bits per heavy atom. The fraction of sp³-hybridized carbons (Fsp3) is 0.235. The lowest BCUT2D eigenvalue weighted by molar-refractivity contribution is 0.260. The Labute approximate surface area is 124 Å². The van der Waals surface area contributed by atoms with Gasteiger partial charge in [0.2, 0.25) is 0 Å². The Balaban J connectivity index is 1.84. The smallest absolute Gasteiger partial charge is 0.257 e. The van der Waals surface area contributed by atoms with Gasteiger partial charge in [0.05, 0.1) is 5.54 Å². The molecule has 1 N–H and O–H groups in total. The van der Waals surface area contributed by atoms with Crippen LogP contribution in [0.1, 0.15) is 11.1 Å². The number of hydrogen-bond donors (Lipinski definition) is 1. The molecule has 1 aliphatic heterocycles. The molecule has 0 radical (unpaired) electrons. The molecule has 102 valence electrons. The lowest BCUT2D eigenvalue weighted by Crippen LogP contribution is -2.47. The summed E-state index contributed by atoms with van der Waals surface area (Å²) in [7, 11) is 0. The zero-order valence-corrected chi connectivity index (χ0v) is 12.0. The highest BCUT2D eigenvalue weighted by Gasteiger charge is 2.37. The predicted molar refractivity (Wildman–Crippen MR) is 84.7 cm³/mol. The quantitative estimate of drug-likeness (QED) is 0.871. The first-order valence-corrected chi connectivity index (χ1v) is 7.19. The summed E-state index contributed by atoms with van der Waals surface area (Å²) in [6.45, 7) is 0.621. The minimum Gasteiger partial charge on any atom is -0.469 e. The van der Waals surface area contributed by atoms with Gasteiger partial charge in [-0.15, -0.1) is 0 Å². The lowest BCUT2D eigenvalue weighted by Gasteiger charge is -2.27. The lowest BCUT2D eigenvalue weighted by atomic mass is 9.86. The molecule has 2 aromatic rings. The van der Waals surface area contributed by atoms with Gasteiger partial charge in [0.15, 0.2) is 0 Å². The van der Waals surface area contributed by atoms with Crippen molar-refractivity contribution in [3.63, 3.8) is 0 Å². The van der Waals surface area contributed by atoms with Gasteiger partial charge in [-0.25, -0.2) is 0 Å². The van der Waals surface area contributed by atoms with E-state index < -0.39 is 0 Å². The number of benzene rings is 2. The molecule has 0 amide bonds. The van der Waals surface area contributed by atoms with Crippen molar-refractivity contribution < 1.29 is 4.74 Å². The second-order valence-corrected chi connectivity index (χ2v) is 5.68. The van der Waals surface area contributed by atoms with Crippen LogP contribution < -0.4 is 5.32 Å². The van der Waals surface area contributed by atoms with Crippen molar-refractivity contribution in [2.24, 2.45) is 0 Å². The number of hydrogen-bond acceptors (Lipinski definition) is 2. The number of rotatable bonds is 4. The maximum absolute atomic E-state index is 5.53. The van der Waals surface area contributed by atoms with Crippen LogP contribution in [0, 0.1) is 0 Å². The SMILES string of the molecule is S=C1NC(Cc2ccccc2)(Cc2ccccc2)CO1. The molecule has 1 heterocycles. The molecule has 0 spiro atoms. The van der Waals surface area contributed by atoms with Crippen LogP contribution in [0.5, 0.6) is 0 Å². The first-order chi connectivity index (χ1) is 9.76. The summed E-state index contributed by atoms with van der Waals surface area (Å²) in [4.78, 5) is 0. The van der Waals surface area contributed by atoms with Gasteiger partial charge < -0.3 is 10.1 Å². The highest BCUT2D eigenvalue weighted by Crippen LogP contribution is 2.24. The van der Waals surface area contributed by atoms with Crippen molar-refractivity contribution in [1.82, 2.24) is 5.32 Å². The van der Waals surface area contributed by atoms with Crippen molar-refractivity contribution in [2.75, 3.05) is 6.61 Å². The van der Waals surface area contributed by atoms with Gasteiger partial charge in [-0.2, -0.15) is 0 Å². The number of thiocarbonyl (C=S) groups is 1. The van der Waals surface area contributed by atoms with E-state index in [2.05, 4.69) is 53.8 Å². The first-order valence-electron chi connectivity index (χ1n) is 6.79. The summed E-state index contributed by atoms with van der Waals surface area (Å²) in [5.41, 5.74) is 2.45. The van der Waals surface area contributed by atoms with E-state index in [9.17, 15) is 0 Å². The molecule has 0 atom stereocenters. The highest BCUT2D eigenvalue weighted by atomic mass is 32.1. The first kappa shape index (κ1) is 13.1. The van der Waals surface area contributed by atoms with Crippen LogP contribution in [0.3, 0.4) is 0 Å². The van der Waals surface area contributed by atoms with E-state index in [0.29, 0.717) is 11.8 Å². The maximum atomic E-state index is 5.53. The normalized spacial score (nSPS) is 16.5. The summed E-state index contributed by atoms with van der Waals surface area (Å²) < 4.78 is 5.53. The molecule has 0 aromatic heterocycles. The van der Waals surface area contributed by atoms with Gasteiger partial charge in [0.1, 0.15) is 6.61 Å². The van der Waals surface area contributed by atoms with E-state index in [-0.39, 0.29) is 5.54 Å². The molecule has 1 saturated heterocycles. The molecule has 1 aliphatic rings. The Hall–Kier alpha value is -1.87. The van der Waals surface area contributed by atoms with E-state index >= 15 is 0 Å². The summed E-state index contributed by atoms with van der Waals surface area (Å²) in [5, 5.41) is 3.88. The van der Waals surface area contributed by atoms with Gasteiger partial charge in [-0.05, 0) is 36.2 Å². The van der Waals surface area contributed by atoms with E-state index in [1.807, 2.05) is 12.1 Å². The second kappa shape index (κ2) is 5.63. The highest BCUT2D eigenvalue weighted by molar-refractivity contribution is 7.80. The molecule has 0 bridgehead atoms. The molecule has 2 aromatic carbocycles. The average molecular weight is 283 g/mol. The monoisotopic (exact) mass is 283 g/mol. The molecular weight excluding hydrogens is 266 g/mol. The van der Waals surface area contributed by atoms with Crippen LogP contribution in [0.25, 0.3) is 0 Å². The number of ether oxygens (including phenoxy) is 1. The average Bonchev–Trinajstić information content (AvgIpc) is 2.82. The Morgan fingerprint density at radius 1 is 0.900 bits per heavy atom. The topological polar surface area (TPSA) is 21.3 Å². The molecule has 3 rings (SSSR count). The summed E-state index contributed by atoms with van der Waals surface area (Å²) in [5.74, 6) is 0. The molecule has 0 aliphatic carbocycles. The molecule has 1 fully saturated rings. The molecule has 3 heteroatoms. The van der Waals surface area contributed by atoms with E-state index in [1.165, 1.54) is 11.1 Å². The van der Waals surface area contributed by atoms with Gasteiger partial charge in [-0.1, -0.05) is 60.7 Å². The third kappa shape index (κ3) is 2.99. The van der Waals surface area contributed by atoms with Crippen LogP contribution >= 0.6 is 12.2 Å². The van der Waals surface area contributed by atoms with Gasteiger partial charge in [-0.3, -0.25) is 0 Å². The van der Waals surface area contributed by atoms with Crippen molar-refractivity contribution >= 4 is 17.4 Å².